The largest absolute Gasteiger partial charge is 0.371 e. The number of anilines is 1. The Balaban J connectivity index is 2.08. The third-order valence-corrected chi connectivity index (χ3v) is 2.78. The van der Waals surface area contributed by atoms with Crippen LogP contribution < -0.4 is 4.90 Å². The van der Waals surface area contributed by atoms with E-state index < -0.39 is 0 Å². The standard InChI is InChI=1S/C12H17N/c1-11-6-5-9-13(10-11)12-7-3-2-4-8-12/h2-4,7-8,11H,5-6,9-10H2,1H3/t11-/m0/s1. The van der Waals surface area contributed by atoms with Gasteiger partial charge >= 0.3 is 0 Å². The Morgan fingerprint density at radius 3 is 2.69 bits per heavy atom. The number of benzene rings is 1. The maximum atomic E-state index is 2.49. The van der Waals surface area contributed by atoms with Gasteiger partial charge in [-0.15, -0.1) is 0 Å². The predicted octanol–water partition coefficient (Wildman–Crippen LogP) is 2.92. The molecular weight excluding hydrogens is 158 g/mol. The van der Waals surface area contributed by atoms with Crippen LogP contribution in [0.4, 0.5) is 5.69 Å². The summed E-state index contributed by atoms with van der Waals surface area (Å²) in [6.07, 6.45) is 2.74. The lowest BCUT2D eigenvalue weighted by atomic mass is 10.00. The fourth-order valence-corrected chi connectivity index (χ4v) is 2.06. The van der Waals surface area contributed by atoms with E-state index in [-0.39, 0.29) is 0 Å². The molecule has 0 saturated carbocycles. The highest BCUT2D eigenvalue weighted by Crippen LogP contribution is 2.21. The van der Waals surface area contributed by atoms with Crippen molar-refractivity contribution in [3.8, 4) is 0 Å². The second kappa shape index (κ2) is 3.82. The van der Waals surface area contributed by atoms with Crippen LogP contribution in [-0.4, -0.2) is 13.1 Å². The van der Waals surface area contributed by atoms with E-state index in [9.17, 15) is 0 Å². The van der Waals surface area contributed by atoms with Crippen molar-refractivity contribution in [3.63, 3.8) is 0 Å². The van der Waals surface area contributed by atoms with E-state index in [0.29, 0.717) is 0 Å². The van der Waals surface area contributed by atoms with E-state index in [4.69, 9.17) is 0 Å². The average Bonchev–Trinajstić information content (AvgIpc) is 2.19. The van der Waals surface area contributed by atoms with Crippen molar-refractivity contribution >= 4 is 5.69 Å². The fraction of sp³-hybridized carbons (Fsp3) is 0.500. The summed E-state index contributed by atoms with van der Waals surface area (Å²) in [5.41, 5.74) is 1.38. The van der Waals surface area contributed by atoms with Crippen LogP contribution in [0.2, 0.25) is 0 Å². The maximum absolute atomic E-state index is 2.49. The van der Waals surface area contributed by atoms with Crippen LogP contribution >= 0.6 is 0 Å². The van der Waals surface area contributed by atoms with Crippen LogP contribution in [0.5, 0.6) is 0 Å². The van der Waals surface area contributed by atoms with Crippen LogP contribution in [0, 0.1) is 5.92 Å². The van der Waals surface area contributed by atoms with E-state index in [1.807, 2.05) is 0 Å². The van der Waals surface area contributed by atoms with Crippen LogP contribution in [-0.2, 0) is 0 Å². The molecule has 1 aliphatic rings. The molecule has 1 fully saturated rings. The summed E-state index contributed by atoms with van der Waals surface area (Å²) in [4.78, 5) is 2.49. The number of hydrogen-bond donors (Lipinski definition) is 0. The molecule has 2 rings (SSSR count). The molecule has 1 heterocycles. The predicted molar refractivity (Wildman–Crippen MR) is 57.1 cm³/mol. The van der Waals surface area contributed by atoms with Gasteiger partial charge < -0.3 is 4.90 Å². The topological polar surface area (TPSA) is 3.24 Å². The lowest BCUT2D eigenvalue weighted by Gasteiger charge is -2.32. The molecule has 0 aliphatic carbocycles. The maximum Gasteiger partial charge on any atom is 0.0366 e. The Labute approximate surface area is 80.4 Å². The van der Waals surface area contributed by atoms with Gasteiger partial charge in [-0.25, -0.2) is 0 Å². The van der Waals surface area contributed by atoms with E-state index >= 15 is 0 Å². The zero-order valence-electron chi connectivity index (χ0n) is 8.24. The first kappa shape index (κ1) is 8.61. The highest BCUT2D eigenvalue weighted by atomic mass is 15.1. The van der Waals surface area contributed by atoms with E-state index in [0.717, 1.165) is 5.92 Å². The first-order valence-corrected chi connectivity index (χ1v) is 5.16. The molecule has 0 unspecified atom stereocenters. The third-order valence-electron chi connectivity index (χ3n) is 2.78. The molecule has 1 aromatic rings. The molecule has 0 N–H and O–H groups in total. The Morgan fingerprint density at radius 1 is 1.23 bits per heavy atom. The minimum absolute atomic E-state index is 0.856. The van der Waals surface area contributed by atoms with E-state index in [1.54, 1.807) is 0 Å². The number of para-hydroxylation sites is 1. The molecule has 1 aromatic carbocycles. The Morgan fingerprint density at radius 2 is 2.00 bits per heavy atom. The van der Waals surface area contributed by atoms with Gasteiger partial charge in [0, 0.05) is 18.8 Å². The molecule has 0 radical (unpaired) electrons. The average molecular weight is 175 g/mol. The van der Waals surface area contributed by atoms with Gasteiger partial charge in [0.2, 0.25) is 0 Å². The second-order valence-corrected chi connectivity index (χ2v) is 4.03. The third kappa shape index (κ3) is 2.03. The highest BCUT2D eigenvalue weighted by Gasteiger charge is 2.15. The van der Waals surface area contributed by atoms with Crippen molar-refractivity contribution in [2.75, 3.05) is 18.0 Å². The molecule has 13 heavy (non-hydrogen) atoms. The van der Waals surface area contributed by atoms with Gasteiger partial charge in [-0.1, -0.05) is 25.1 Å². The van der Waals surface area contributed by atoms with Crippen molar-refractivity contribution in [2.24, 2.45) is 5.92 Å². The number of rotatable bonds is 1. The summed E-state index contributed by atoms with van der Waals surface area (Å²) in [6, 6.07) is 10.7. The van der Waals surface area contributed by atoms with Gasteiger partial charge in [0.25, 0.3) is 0 Å². The normalized spacial score (nSPS) is 23.2. The molecule has 1 saturated heterocycles. The first-order chi connectivity index (χ1) is 6.36. The van der Waals surface area contributed by atoms with Crippen LogP contribution in [0.25, 0.3) is 0 Å². The molecule has 1 nitrogen and oxygen atoms in total. The van der Waals surface area contributed by atoms with Gasteiger partial charge in [-0.3, -0.25) is 0 Å². The molecule has 70 valence electrons. The molecule has 0 aromatic heterocycles. The van der Waals surface area contributed by atoms with Gasteiger partial charge in [-0.2, -0.15) is 0 Å². The summed E-state index contributed by atoms with van der Waals surface area (Å²) in [5.74, 6) is 0.856. The van der Waals surface area contributed by atoms with Crippen LogP contribution in [0.1, 0.15) is 19.8 Å². The Bertz CT molecular complexity index is 255. The first-order valence-electron chi connectivity index (χ1n) is 5.16. The Hall–Kier alpha value is -0.980. The lowest BCUT2D eigenvalue weighted by Crippen LogP contribution is -2.34. The molecule has 1 heteroatoms. The van der Waals surface area contributed by atoms with Gasteiger partial charge in [0.1, 0.15) is 0 Å². The SMILES string of the molecule is C[C@H]1CCCN(c2ccccc2)C1. The summed E-state index contributed by atoms with van der Waals surface area (Å²) in [7, 11) is 0. The van der Waals surface area contributed by atoms with E-state index in [1.165, 1.54) is 31.6 Å². The van der Waals surface area contributed by atoms with Gasteiger partial charge in [0.15, 0.2) is 0 Å². The number of hydrogen-bond acceptors (Lipinski definition) is 1. The lowest BCUT2D eigenvalue weighted by molar-refractivity contribution is 0.447. The Kier molecular flexibility index (Phi) is 2.53. The number of piperidine rings is 1. The second-order valence-electron chi connectivity index (χ2n) is 4.03. The zero-order valence-corrected chi connectivity index (χ0v) is 8.24. The van der Waals surface area contributed by atoms with Crippen molar-refractivity contribution in [1.29, 1.82) is 0 Å². The summed E-state index contributed by atoms with van der Waals surface area (Å²) in [6.45, 7) is 4.80. The van der Waals surface area contributed by atoms with Gasteiger partial charge in [-0.05, 0) is 30.9 Å². The number of nitrogens with zero attached hydrogens (tertiary/aromatic N) is 1. The molecule has 0 amide bonds. The van der Waals surface area contributed by atoms with Crippen molar-refractivity contribution in [2.45, 2.75) is 19.8 Å². The quantitative estimate of drug-likeness (QED) is 0.634. The van der Waals surface area contributed by atoms with Crippen molar-refractivity contribution in [3.05, 3.63) is 30.3 Å². The zero-order chi connectivity index (χ0) is 9.10. The summed E-state index contributed by atoms with van der Waals surface area (Å²) in [5, 5.41) is 0. The van der Waals surface area contributed by atoms with E-state index in [2.05, 4.69) is 42.2 Å². The molecule has 1 aliphatic heterocycles. The molecular formula is C12H17N. The minimum Gasteiger partial charge on any atom is -0.371 e. The van der Waals surface area contributed by atoms with Gasteiger partial charge in [0.05, 0.1) is 0 Å². The summed E-state index contributed by atoms with van der Waals surface area (Å²) < 4.78 is 0. The molecule has 1 atom stereocenters. The highest BCUT2D eigenvalue weighted by molar-refractivity contribution is 5.46. The molecule has 0 spiro atoms. The van der Waals surface area contributed by atoms with Crippen LogP contribution in [0.3, 0.4) is 0 Å². The fourth-order valence-electron chi connectivity index (χ4n) is 2.06. The van der Waals surface area contributed by atoms with Crippen molar-refractivity contribution < 1.29 is 0 Å². The van der Waals surface area contributed by atoms with Crippen molar-refractivity contribution in [1.82, 2.24) is 0 Å². The molecule has 0 bridgehead atoms. The summed E-state index contributed by atoms with van der Waals surface area (Å²) >= 11 is 0. The monoisotopic (exact) mass is 175 g/mol. The van der Waals surface area contributed by atoms with Crippen LogP contribution in [0.15, 0.2) is 30.3 Å². The smallest absolute Gasteiger partial charge is 0.0366 e. The minimum atomic E-state index is 0.856.